The third kappa shape index (κ3) is 7.81. The molecule has 0 amide bonds. The van der Waals surface area contributed by atoms with E-state index in [1.54, 1.807) is 0 Å². The molecule has 108 valence electrons. The van der Waals surface area contributed by atoms with E-state index in [1.165, 1.54) is 0 Å². The molecule has 10 heteroatoms. The summed E-state index contributed by atoms with van der Waals surface area (Å²) in [5.41, 5.74) is 0. The summed E-state index contributed by atoms with van der Waals surface area (Å²) in [6, 6.07) is -1.12. The summed E-state index contributed by atoms with van der Waals surface area (Å²) >= 11 is 3.75. The van der Waals surface area contributed by atoms with E-state index in [4.69, 9.17) is 10.2 Å². The van der Waals surface area contributed by atoms with Crippen LogP contribution < -0.4 is 40.0 Å². The first-order valence-corrected chi connectivity index (χ1v) is 5.86. The summed E-state index contributed by atoms with van der Waals surface area (Å²) in [6.07, 6.45) is -6.61. The number of rotatable bonds is 9. The Bertz CT molecular complexity index is 261. The Hall–Kier alpha value is 0.580. The van der Waals surface area contributed by atoms with E-state index in [0.717, 1.165) is 0 Å². The monoisotopic (exact) mass is 307 g/mol. The van der Waals surface area contributed by atoms with Crippen molar-refractivity contribution in [1.29, 1.82) is 0 Å². The van der Waals surface area contributed by atoms with Crippen molar-refractivity contribution in [2.24, 2.45) is 0 Å². The molecule has 0 aromatic carbocycles. The smallest absolute Gasteiger partial charge is 0.548 e. The van der Waals surface area contributed by atoms with Crippen LogP contribution >= 0.6 is 12.6 Å². The average Bonchev–Trinajstić information content (AvgIpc) is 2.35. The van der Waals surface area contributed by atoms with Gasteiger partial charge < -0.3 is 40.8 Å². The molecule has 0 saturated heterocycles. The fraction of sp³-hybridized carbons (Fsp3) is 0.889. The zero-order valence-electron chi connectivity index (χ0n) is 10.5. The van der Waals surface area contributed by atoms with E-state index in [-0.39, 0.29) is 41.9 Å². The maximum Gasteiger partial charge on any atom is 1.00 e. The van der Waals surface area contributed by atoms with Gasteiger partial charge in [-0.15, -0.1) is 0 Å². The number of carbonyl (C=O) groups excluding carboxylic acids is 1. The van der Waals surface area contributed by atoms with Crippen molar-refractivity contribution < 1.29 is 65.0 Å². The number of nitrogens with one attached hydrogen (secondary N) is 1. The van der Waals surface area contributed by atoms with Crippen LogP contribution in [0.3, 0.4) is 0 Å². The summed E-state index contributed by atoms with van der Waals surface area (Å²) in [5, 5.41) is 58.6. The molecule has 0 spiro atoms. The molecule has 8 nitrogen and oxygen atoms in total. The number of carboxylic acid groups (broad SMARTS) is 1. The SMILES string of the molecule is O=C([O-])C(CS)NCC(O)C(O)C(O)C(O)CO.[Na+]. The van der Waals surface area contributed by atoms with Crippen molar-refractivity contribution in [1.82, 2.24) is 5.32 Å². The van der Waals surface area contributed by atoms with E-state index in [0.29, 0.717) is 0 Å². The van der Waals surface area contributed by atoms with E-state index < -0.39 is 43.0 Å². The summed E-state index contributed by atoms with van der Waals surface area (Å²) in [4.78, 5) is 10.5. The van der Waals surface area contributed by atoms with Gasteiger partial charge in [-0.3, -0.25) is 0 Å². The zero-order valence-corrected chi connectivity index (χ0v) is 13.4. The maximum absolute atomic E-state index is 10.5. The van der Waals surface area contributed by atoms with Gasteiger partial charge in [0.05, 0.1) is 24.7 Å². The van der Waals surface area contributed by atoms with Crippen LogP contribution in [0.2, 0.25) is 0 Å². The van der Waals surface area contributed by atoms with Crippen molar-refractivity contribution in [2.75, 3.05) is 18.9 Å². The first kappa shape index (κ1) is 21.9. The van der Waals surface area contributed by atoms with Gasteiger partial charge in [0.15, 0.2) is 0 Å². The number of carboxylic acids is 1. The quantitative estimate of drug-likeness (QED) is 0.164. The molecule has 0 heterocycles. The molecule has 0 aliphatic carbocycles. The second-order valence-electron chi connectivity index (χ2n) is 3.76. The Morgan fingerprint density at radius 1 is 1.16 bits per heavy atom. The van der Waals surface area contributed by atoms with E-state index in [1.807, 2.05) is 0 Å². The molecule has 0 rings (SSSR count). The fourth-order valence-electron chi connectivity index (χ4n) is 1.17. The van der Waals surface area contributed by atoms with Crippen molar-refractivity contribution in [2.45, 2.75) is 30.5 Å². The molecular formula is C9H18NNaO7S. The molecule has 6 N–H and O–H groups in total. The number of aliphatic hydroxyl groups excluding tert-OH is 5. The Labute approximate surface area is 138 Å². The largest absolute Gasteiger partial charge is 1.00 e. The molecular weight excluding hydrogens is 289 g/mol. The van der Waals surface area contributed by atoms with Gasteiger partial charge in [0, 0.05) is 12.3 Å². The van der Waals surface area contributed by atoms with Gasteiger partial charge in [-0.1, -0.05) is 0 Å². The molecule has 5 atom stereocenters. The van der Waals surface area contributed by atoms with Gasteiger partial charge in [0.25, 0.3) is 0 Å². The topological polar surface area (TPSA) is 153 Å². The standard InChI is InChI=1S/C9H19NO7S.Na/c11-2-6(13)8(15)7(14)5(12)1-10-4(3-18)9(16)17;/h4-8,10-15,18H,1-3H2,(H,16,17);/q;+1/p-1. The maximum atomic E-state index is 10.5. The first-order valence-electron chi connectivity index (χ1n) is 5.23. The molecule has 19 heavy (non-hydrogen) atoms. The van der Waals surface area contributed by atoms with Gasteiger partial charge in [0.2, 0.25) is 0 Å². The minimum Gasteiger partial charge on any atom is -0.548 e. The van der Waals surface area contributed by atoms with Crippen LogP contribution in [0.15, 0.2) is 0 Å². The van der Waals surface area contributed by atoms with Gasteiger partial charge in [-0.05, 0) is 0 Å². The first-order chi connectivity index (χ1) is 8.34. The van der Waals surface area contributed by atoms with Gasteiger partial charge in [-0.2, -0.15) is 12.6 Å². The Morgan fingerprint density at radius 3 is 2.00 bits per heavy atom. The predicted octanol–water partition coefficient (Wildman–Crippen LogP) is -7.94. The van der Waals surface area contributed by atoms with Crippen LogP contribution in [0.5, 0.6) is 0 Å². The molecule has 0 aromatic rings. The minimum absolute atomic E-state index is 0. The Kier molecular flexibility index (Phi) is 13.0. The number of aliphatic carboxylic acids is 1. The van der Waals surface area contributed by atoms with E-state index in [2.05, 4.69) is 17.9 Å². The summed E-state index contributed by atoms with van der Waals surface area (Å²) in [7, 11) is 0. The molecule has 0 aliphatic rings. The van der Waals surface area contributed by atoms with Crippen LogP contribution in [0.1, 0.15) is 0 Å². The summed E-state index contributed by atoms with van der Waals surface area (Å²) in [6.45, 7) is -1.13. The molecule has 5 unspecified atom stereocenters. The van der Waals surface area contributed by atoms with Crippen molar-refractivity contribution in [3.05, 3.63) is 0 Å². The molecule has 0 radical (unpaired) electrons. The van der Waals surface area contributed by atoms with E-state index in [9.17, 15) is 25.2 Å². The molecule has 0 aromatic heterocycles. The Morgan fingerprint density at radius 2 is 1.63 bits per heavy atom. The third-order valence-corrected chi connectivity index (χ3v) is 2.73. The van der Waals surface area contributed by atoms with Crippen LogP contribution in [0.4, 0.5) is 0 Å². The molecule has 0 aliphatic heterocycles. The van der Waals surface area contributed by atoms with Gasteiger partial charge >= 0.3 is 29.6 Å². The third-order valence-electron chi connectivity index (χ3n) is 2.37. The van der Waals surface area contributed by atoms with Gasteiger partial charge in [-0.25, -0.2) is 0 Å². The number of aliphatic hydroxyl groups is 5. The fourth-order valence-corrected chi connectivity index (χ4v) is 1.45. The van der Waals surface area contributed by atoms with Crippen LogP contribution in [-0.2, 0) is 4.79 Å². The van der Waals surface area contributed by atoms with Crippen molar-refractivity contribution in [3.8, 4) is 0 Å². The van der Waals surface area contributed by atoms with Crippen molar-refractivity contribution in [3.63, 3.8) is 0 Å². The van der Waals surface area contributed by atoms with Crippen LogP contribution in [-0.4, -0.2) is 80.9 Å². The number of carbonyl (C=O) groups is 1. The second-order valence-corrected chi connectivity index (χ2v) is 4.13. The summed E-state index contributed by atoms with van der Waals surface area (Å²) in [5.74, 6) is -1.49. The van der Waals surface area contributed by atoms with Crippen LogP contribution in [0.25, 0.3) is 0 Å². The minimum atomic E-state index is -1.75. The molecule has 0 fully saturated rings. The van der Waals surface area contributed by atoms with Crippen molar-refractivity contribution >= 4 is 18.6 Å². The number of hydrogen-bond donors (Lipinski definition) is 7. The summed E-state index contributed by atoms with van der Waals surface area (Å²) < 4.78 is 0. The molecule has 0 bridgehead atoms. The normalized spacial score (nSPS) is 18.8. The average molecular weight is 307 g/mol. The number of thiol groups is 1. The molecule has 0 saturated carbocycles. The van der Waals surface area contributed by atoms with Crippen LogP contribution in [0, 0.1) is 0 Å². The zero-order chi connectivity index (χ0) is 14.3. The van der Waals surface area contributed by atoms with E-state index >= 15 is 0 Å². The number of hydrogen-bond acceptors (Lipinski definition) is 9. The second kappa shape index (κ2) is 11.3. The van der Waals surface area contributed by atoms with Gasteiger partial charge in [0.1, 0.15) is 18.3 Å². The Balaban J connectivity index is 0. The predicted molar refractivity (Wildman–Crippen MR) is 61.8 cm³/mol.